The summed E-state index contributed by atoms with van der Waals surface area (Å²) in [7, 11) is 1.68. The summed E-state index contributed by atoms with van der Waals surface area (Å²) in [5.74, 6) is 4.73. The summed E-state index contributed by atoms with van der Waals surface area (Å²) in [5, 5.41) is 14.0. The van der Waals surface area contributed by atoms with Crippen LogP contribution in [0.4, 0.5) is 0 Å². The van der Waals surface area contributed by atoms with E-state index >= 15 is 0 Å². The zero-order chi connectivity index (χ0) is 15.0. The number of fused-ring (bicyclic) bond motifs is 1. The van der Waals surface area contributed by atoms with E-state index in [0.29, 0.717) is 21.5 Å². The molecule has 0 atom stereocenters. The number of nitrogens with two attached hydrogens (primary N) is 1. The Morgan fingerprint density at radius 1 is 1.52 bits per heavy atom. The third-order valence-corrected chi connectivity index (χ3v) is 3.98. The van der Waals surface area contributed by atoms with Crippen LogP contribution in [0.3, 0.4) is 0 Å². The lowest BCUT2D eigenvalue weighted by Crippen LogP contribution is -2.31. The van der Waals surface area contributed by atoms with Crippen molar-refractivity contribution in [3.8, 4) is 0 Å². The Labute approximate surface area is 122 Å². The Kier molecular flexibility index (Phi) is 3.23. The lowest BCUT2D eigenvalue weighted by molar-refractivity contribution is 0.0956. The number of nitrogen functional groups attached to an aromatic ring is 1. The molecule has 3 N–H and O–H groups in total. The first-order valence-electron chi connectivity index (χ1n) is 5.94. The van der Waals surface area contributed by atoms with Gasteiger partial charge in [0.05, 0.1) is 17.6 Å². The number of amides is 1. The van der Waals surface area contributed by atoms with Gasteiger partial charge in [-0.15, -0.1) is 16.4 Å². The standard InChI is InChI=1S/C11H11N7O2S/c1-17-9-7(4-13-17)11(20)18(16-15-9)5-6-2-3-21-8(6)10(19)14-12/h2-4H,5,12H2,1H3,(H,14,19). The average Bonchev–Trinajstić information content (AvgIpc) is 3.09. The van der Waals surface area contributed by atoms with Gasteiger partial charge in [-0.25, -0.2) is 15.2 Å². The summed E-state index contributed by atoms with van der Waals surface area (Å²) in [6.45, 7) is 0.142. The van der Waals surface area contributed by atoms with Gasteiger partial charge in [-0.2, -0.15) is 5.10 Å². The van der Waals surface area contributed by atoms with Crippen LogP contribution in [0.1, 0.15) is 15.2 Å². The first kappa shape index (κ1) is 13.4. The molecule has 0 aromatic carbocycles. The van der Waals surface area contributed by atoms with Gasteiger partial charge < -0.3 is 0 Å². The Morgan fingerprint density at radius 2 is 2.33 bits per heavy atom. The lowest BCUT2D eigenvalue weighted by Gasteiger charge is -2.04. The fourth-order valence-corrected chi connectivity index (χ4v) is 2.78. The number of carbonyl (C=O) groups excluding carboxylic acids is 1. The molecule has 0 aliphatic carbocycles. The van der Waals surface area contributed by atoms with Crippen molar-refractivity contribution in [3.05, 3.63) is 38.4 Å². The molecule has 0 spiro atoms. The second-order valence-electron chi connectivity index (χ2n) is 4.31. The maximum atomic E-state index is 12.3. The van der Waals surface area contributed by atoms with Gasteiger partial charge in [0, 0.05) is 7.05 Å². The summed E-state index contributed by atoms with van der Waals surface area (Å²) in [6, 6.07) is 1.75. The molecule has 3 heterocycles. The number of thiophene rings is 1. The van der Waals surface area contributed by atoms with Crippen molar-refractivity contribution >= 4 is 28.3 Å². The quantitative estimate of drug-likeness (QED) is 0.373. The molecule has 0 radical (unpaired) electrons. The topological polar surface area (TPSA) is 121 Å². The van der Waals surface area contributed by atoms with E-state index in [1.165, 1.54) is 26.9 Å². The number of nitrogens with one attached hydrogen (secondary N) is 1. The molecule has 0 saturated carbocycles. The summed E-state index contributed by atoms with van der Waals surface area (Å²) < 4.78 is 2.67. The predicted octanol–water partition coefficient (Wildman–Crippen LogP) is -0.762. The van der Waals surface area contributed by atoms with Crippen molar-refractivity contribution in [1.29, 1.82) is 0 Å². The number of hydrazine groups is 1. The second kappa shape index (κ2) is 5.07. The molecule has 0 aliphatic rings. The molecule has 3 aromatic rings. The van der Waals surface area contributed by atoms with E-state index in [4.69, 9.17) is 5.84 Å². The van der Waals surface area contributed by atoms with Crippen LogP contribution in [0, 0.1) is 0 Å². The largest absolute Gasteiger partial charge is 0.289 e. The van der Waals surface area contributed by atoms with Gasteiger partial charge in [-0.1, -0.05) is 5.21 Å². The van der Waals surface area contributed by atoms with Gasteiger partial charge in [0.15, 0.2) is 5.65 Å². The first-order chi connectivity index (χ1) is 10.1. The van der Waals surface area contributed by atoms with E-state index in [1.54, 1.807) is 18.5 Å². The van der Waals surface area contributed by atoms with Crippen LogP contribution < -0.4 is 16.8 Å². The lowest BCUT2D eigenvalue weighted by atomic mass is 10.2. The molecule has 108 valence electrons. The normalized spacial score (nSPS) is 11.0. The van der Waals surface area contributed by atoms with Crippen molar-refractivity contribution in [2.45, 2.75) is 6.54 Å². The molecular formula is C11H11N7O2S. The summed E-state index contributed by atoms with van der Waals surface area (Å²) in [5.41, 5.74) is 2.84. The average molecular weight is 305 g/mol. The van der Waals surface area contributed by atoms with Gasteiger partial charge in [-0.3, -0.25) is 15.0 Å². The van der Waals surface area contributed by atoms with Gasteiger partial charge in [0.25, 0.3) is 11.5 Å². The summed E-state index contributed by atoms with van der Waals surface area (Å²) in [4.78, 5) is 24.4. The number of hydrogen-bond donors (Lipinski definition) is 2. The maximum Gasteiger partial charge on any atom is 0.281 e. The van der Waals surface area contributed by atoms with Crippen LogP contribution in [0.5, 0.6) is 0 Å². The van der Waals surface area contributed by atoms with Crippen molar-refractivity contribution in [3.63, 3.8) is 0 Å². The fourth-order valence-electron chi connectivity index (χ4n) is 1.97. The van der Waals surface area contributed by atoms with Crippen molar-refractivity contribution in [2.24, 2.45) is 12.9 Å². The zero-order valence-electron chi connectivity index (χ0n) is 11.0. The Morgan fingerprint density at radius 3 is 3.10 bits per heavy atom. The highest BCUT2D eigenvalue weighted by Gasteiger charge is 2.15. The molecule has 0 saturated heterocycles. The molecule has 10 heteroatoms. The molecular weight excluding hydrogens is 294 g/mol. The van der Waals surface area contributed by atoms with Gasteiger partial charge in [0.1, 0.15) is 5.39 Å². The zero-order valence-corrected chi connectivity index (χ0v) is 11.8. The molecule has 0 unspecified atom stereocenters. The van der Waals surface area contributed by atoms with Gasteiger partial charge >= 0.3 is 0 Å². The molecule has 3 aromatic heterocycles. The van der Waals surface area contributed by atoms with Crippen LogP contribution in [0.25, 0.3) is 11.0 Å². The van der Waals surface area contributed by atoms with Crippen LogP contribution in [0.2, 0.25) is 0 Å². The van der Waals surface area contributed by atoms with Crippen LogP contribution >= 0.6 is 11.3 Å². The third-order valence-electron chi connectivity index (χ3n) is 3.02. The summed E-state index contributed by atoms with van der Waals surface area (Å²) in [6.07, 6.45) is 1.45. The smallest absolute Gasteiger partial charge is 0.281 e. The number of aryl methyl sites for hydroxylation is 1. The molecule has 21 heavy (non-hydrogen) atoms. The number of aromatic nitrogens is 5. The van der Waals surface area contributed by atoms with E-state index in [-0.39, 0.29) is 12.1 Å². The first-order valence-corrected chi connectivity index (χ1v) is 6.82. The molecule has 0 aliphatic heterocycles. The highest BCUT2D eigenvalue weighted by atomic mass is 32.1. The number of hydrogen-bond acceptors (Lipinski definition) is 7. The minimum Gasteiger partial charge on any atom is -0.289 e. The number of nitrogens with zero attached hydrogens (tertiary/aromatic N) is 5. The molecule has 0 fully saturated rings. The van der Waals surface area contributed by atoms with Crippen molar-refractivity contribution < 1.29 is 4.79 Å². The Hall–Kier alpha value is -2.59. The van der Waals surface area contributed by atoms with E-state index in [1.807, 2.05) is 0 Å². The van der Waals surface area contributed by atoms with Crippen LogP contribution in [-0.2, 0) is 13.6 Å². The SMILES string of the molecule is Cn1ncc2c(=O)n(Cc3ccsc3C(=O)NN)nnc21. The Balaban J connectivity index is 2.03. The molecule has 0 bridgehead atoms. The van der Waals surface area contributed by atoms with Gasteiger partial charge in [-0.05, 0) is 17.0 Å². The highest BCUT2D eigenvalue weighted by molar-refractivity contribution is 7.12. The summed E-state index contributed by atoms with van der Waals surface area (Å²) >= 11 is 1.24. The Bertz CT molecular complexity index is 878. The molecule has 3 rings (SSSR count). The predicted molar refractivity (Wildman–Crippen MR) is 75.6 cm³/mol. The van der Waals surface area contributed by atoms with E-state index in [0.717, 1.165) is 0 Å². The van der Waals surface area contributed by atoms with Crippen molar-refractivity contribution in [2.75, 3.05) is 0 Å². The van der Waals surface area contributed by atoms with Gasteiger partial charge in [0.2, 0.25) is 0 Å². The van der Waals surface area contributed by atoms with E-state index in [2.05, 4.69) is 20.8 Å². The van der Waals surface area contributed by atoms with E-state index in [9.17, 15) is 9.59 Å². The second-order valence-corrected chi connectivity index (χ2v) is 5.22. The fraction of sp³-hybridized carbons (Fsp3) is 0.182. The van der Waals surface area contributed by atoms with E-state index < -0.39 is 5.91 Å². The molecule has 9 nitrogen and oxygen atoms in total. The van der Waals surface area contributed by atoms with Crippen LogP contribution in [0.15, 0.2) is 22.4 Å². The minimum absolute atomic E-state index is 0.142. The van der Waals surface area contributed by atoms with Crippen LogP contribution in [-0.4, -0.2) is 30.7 Å². The number of rotatable bonds is 3. The molecule has 1 amide bonds. The monoisotopic (exact) mass is 305 g/mol. The maximum absolute atomic E-state index is 12.3. The highest BCUT2D eigenvalue weighted by Crippen LogP contribution is 2.17. The van der Waals surface area contributed by atoms with Crippen molar-refractivity contribution in [1.82, 2.24) is 30.2 Å². The minimum atomic E-state index is -0.400. The number of carbonyl (C=O) groups is 1. The third kappa shape index (κ3) is 2.19.